The number of aromatic nitrogens is 1. The number of piperidine rings is 1. The predicted molar refractivity (Wildman–Crippen MR) is 103 cm³/mol. The third-order valence-corrected chi connectivity index (χ3v) is 5.72. The summed E-state index contributed by atoms with van der Waals surface area (Å²) in [6.07, 6.45) is 4.98. The molecule has 3 saturated heterocycles. The number of hydrogen-bond acceptors (Lipinski definition) is 3. The van der Waals surface area contributed by atoms with Gasteiger partial charge in [-0.25, -0.2) is 0 Å². The molecule has 0 unspecified atom stereocenters. The average Bonchev–Trinajstić information content (AvgIpc) is 2.99. The van der Waals surface area contributed by atoms with E-state index in [0.717, 1.165) is 50.3 Å². The smallest absolute Gasteiger partial charge is 0.254 e. The Balaban J connectivity index is 1.50. The summed E-state index contributed by atoms with van der Waals surface area (Å²) >= 11 is 0. The standard InChI is InChI=1S/C22H27N3O/c1-2-20-12-19(10-11-23-20)22(26)25-15-18-8-9-21(25)16-24(14-18)13-17-6-4-3-5-7-17/h3-7,10-12,18,21H,2,8-9,13-16H2,1H3/t18-,21+/m0/s1. The first kappa shape index (κ1) is 17.2. The van der Waals surface area contributed by atoms with Crippen molar-refractivity contribution in [3.63, 3.8) is 0 Å². The Hall–Kier alpha value is -2.20. The molecule has 5 rings (SSSR count). The summed E-state index contributed by atoms with van der Waals surface area (Å²) in [6.45, 7) is 6.00. The van der Waals surface area contributed by atoms with E-state index in [1.54, 1.807) is 6.20 Å². The number of nitrogens with zero attached hydrogens (tertiary/aromatic N) is 3. The monoisotopic (exact) mass is 349 g/mol. The Morgan fingerprint density at radius 3 is 2.77 bits per heavy atom. The summed E-state index contributed by atoms with van der Waals surface area (Å²) in [5.74, 6) is 0.757. The van der Waals surface area contributed by atoms with Crippen molar-refractivity contribution < 1.29 is 4.79 Å². The number of hydrogen-bond donors (Lipinski definition) is 0. The molecule has 4 heteroatoms. The maximum Gasteiger partial charge on any atom is 0.254 e. The number of carbonyl (C=O) groups excluding carboxylic acids is 1. The van der Waals surface area contributed by atoms with Crippen molar-refractivity contribution in [1.29, 1.82) is 0 Å². The van der Waals surface area contributed by atoms with Crippen LogP contribution in [0, 0.1) is 5.92 Å². The van der Waals surface area contributed by atoms with Gasteiger partial charge in [0.05, 0.1) is 0 Å². The summed E-state index contributed by atoms with van der Waals surface area (Å²) in [5.41, 5.74) is 3.13. The Bertz CT molecular complexity index is 761. The lowest BCUT2D eigenvalue weighted by atomic mass is 9.94. The fourth-order valence-corrected chi connectivity index (χ4v) is 4.37. The van der Waals surface area contributed by atoms with Gasteiger partial charge in [0.1, 0.15) is 0 Å². The van der Waals surface area contributed by atoms with Crippen LogP contribution in [0.25, 0.3) is 0 Å². The van der Waals surface area contributed by atoms with Gasteiger partial charge in [0.2, 0.25) is 0 Å². The SMILES string of the molecule is CCc1cc(C(=O)N2C[C@H]3CC[C@@H]2CN(Cc2ccccc2)C3)ccn1. The lowest BCUT2D eigenvalue weighted by Gasteiger charge is -2.36. The fourth-order valence-electron chi connectivity index (χ4n) is 4.37. The van der Waals surface area contributed by atoms with Gasteiger partial charge in [-0.05, 0) is 42.9 Å². The van der Waals surface area contributed by atoms with Gasteiger partial charge in [0, 0.05) is 49.7 Å². The molecule has 0 N–H and O–H groups in total. The van der Waals surface area contributed by atoms with Crippen molar-refractivity contribution in [2.45, 2.75) is 38.8 Å². The minimum Gasteiger partial charge on any atom is -0.334 e. The molecule has 0 aliphatic carbocycles. The Labute approximate surface area is 155 Å². The van der Waals surface area contributed by atoms with Crippen molar-refractivity contribution in [1.82, 2.24) is 14.8 Å². The lowest BCUT2D eigenvalue weighted by Crippen LogP contribution is -2.47. The van der Waals surface area contributed by atoms with Crippen LogP contribution in [0.15, 0.2) is 48.7 Å². The second-order valence-electron chi connectivity index (χ2n) is 7.62. The molecule has 0 radical (unpaired) electrons. The van der Waals surface area contributed by atoms with Gasteiger partial charge >= 0.3 is 0 Å². The summed E-state index contributed by atoms with van der Waals surface area (Å²) in [5, 5.41) is 0. The molecule has 3 fully saturated rings. The Kier molecular flexibility index (Phi) is 5.02. The van der Waals surface area contributed by atoms with Crippen LogP contribution < -0.4 is 0 Å². The maximum absolute atomic E-state index is 13.2. The van der Waals surface area contributed by atoms with Crippen LogP contribution in [-0.4, -0.2) is 46.4 Å². The first-order chi connectivity index (χ1) is 12.7. The molecule has 1 amide bonds. The Morgan fingerprint density at radius 2 is 1.96 bits per heavy atom. The van der Waals surface area contributed by atoms with E-state index in [0.29, 0.717) is 12.0 Å². The summed E-state index contributed by atoms with van der Waals surface area (Å²) in [4.78, 5) is 22.2. The highest BCUT2D eigenvalue weighted by Crippen LogP contribution is 2.30. The molecule has 0 spiro atoms. The molecule has 4 nitrogen and oxygen atoms in total. The number of benzene rings is 1. The number of amides is 1. The van der Waals surface area contributed by atoms with E-state index in [1.165, 1.54) is 12.0 Å². The molecule has 26 heavy (non-hydrogen) atoms. The van der Waals surface area contributed by atoms with E-state index in [-0.39, 0.29) is 5.91 Å². The Morgan fingerprint density at radius 1 is 1.12 bits per heavy atom. The highest BCUT2D eigenvalue weighted by atomic mass is 16.2. The molecule has 3 aliphatic heterocycles. The minimum atomic E-state index is 0.179. The first-order valence-corrected chi connectivity index (χ1v) is 9.75. The third kappa shape index (κ3) is 3.65. The lowest BCUT2D eigenvalue weighted by molar-refractivity contribution is 0.0584. The molecular weight excluding hydrogens is 322 g/mol. The van der Waals surface area contributed by atoms with Crippen molar-refractivity contribution >= 4 is 5.91 Å². The van der Waals surface area contributed by atoms with Gasteiger partial charge in [-0.3, -0.25) is 14.7 Å². The van der Waals surface area contributed by atoms with Crippen molar-refractivity contribution in [2.75, 3.05) is 19.6 Å². The van der Waals surface area contributed by atoms with Gasteiger partial charge in [0.25, 0.3) is 5.91 Å². The second kappa shape index (κ2) is 7.58. The number of fused-ring (bicyclic) bond motifs is 4. The van der Waals surface area contributed by atoms with E-state index in [4.69, 9.17) is 0 Å². The van der Waals surface area contributed by atoms with Gasteiger partial charge in [0.15, 0.2) is 0 Å². The van der Waals surface area contributed by atoms with Gasteiger partial charge < -0.3 is 4.90 Å². The van der Waals surface area contributed by atoms with Crippen LogP contribution in [-0.2, 0) is 13.0 Å². The fraction of sp³-hybridized carbons (Fsp3) is 0.455. The van der Waals surface area contributed by atoms with Gasteiger partial charge in [-0.15, -0.1) is 0 Å². The number of rotatable bonds is 4. The van der Waals surface area contributed by atoms with E-state index in [2.05, 4.69) is 52.0 Å². The number of aryl methyl sites for hydroxylation is 1. The van der Waals surface area contributed by atoms with Gasteiger partial charge in [-0.2, -0.15) is 0 Å². The number of pyridine rings is 1. The molecule has 2 aromatic rings. The van der Waals surface area contributed by atoms with Crippen LogP contribution in [0.2, 0.25) is 0 Å². The largest absolute Gasteiger partial charge is 0.334 e. The first-order valence-electron chi connectivity index (χ1n) is 9.75. The summed E-state index contributed by atoms with van der Waals surface area (Å²) < 4.78 is 0. The van der Waals surface area contributed by atoms with E-state index in [1.807, 2.05) is 12.1 Å². The van der Waals surface area contributed by atoms with Crippen LogP contribution in [0.4, 0.5) is 0 Å². The molecule has 1 aromatic heterocycles. The molecule has 2 atom stereocenters. The zero-order valence-corrected chi connectivity index (χ0v) is 15.5. The molecule has 4 heterocycles. The van der Waals surface area contributed by atoms with Crippen LogP contribution in [0.3, 0.4) is 0 Å². The summed E-state index contributed by atoms with van der Waals surface area (Å²) in [7, 11) is 0. The predicted octanol–water partition coefficient (Wildman–Crippen LogP) is 3.38. The zero-order chi connectivity index (χ0) is 17.9. The van der Waals surface area contributed by atoms with E-state index >= 15 is 0 Å². The van der Waals surface area contributed by atoms with Crippen LogP contribution in [0.1, 0.15) is 41.4 Å². The molecular formula is C22H27N3O. The van der Waals surface area contributed by atoms with E-state index in [9.17, 15) is 4.79 Å². The topological polar surface area (TPSA) is 36.4 Å². The molecule has 3 aliphatic rings. The zero-order valence-electron chi connectivity index (χ0n) is 15.5. The minimum absolute atomic E-state index is 0.179. The molecule has 2 bridgehead atoms. The third-order valence-electron chi connectivity index (χ3n) is 5.72. The van der Waals surface area contributed by atoms with E-state index < -0.39 is 0 Å². The average molecular weight is 349 g/mol. The van der Waals surface area contributed by atoms with Gasteiger partial charge in [-0.1, -0.05) is 37.3 Å². The number of carbonyl (C=O) groups is 1. The van der Waals surface area contributed by atoms with Crippen LogP contribution >= 0.6 is 0 Å². The second-order valence-corrected chi connectivity index (χ2v) is 7.62. The molecule has 136 valence electrons. The summed E-state index contributed by atoms with van der Waals surface area (Å²) in [6, 6.07) is 14.8. The molecule has 0 saturated carbocycles. The highest BCUT2D eigenvalue weighted by molar-refractivity contribution is 5.94. The highest BCUT2D eigenvalue weighted by Gasteiger charge is 2.37. The van der Waals surface area contributed by atoms with Crippen LogP contribution in [0.5, 0.6) is 0 Å². The van der Waals surface area contributed by atoms with Crippen molar-refractivity contribution in [2.24, 2.45) is 5.92 Å². The maximum atomic E-state index is 13.2. The quantitative estimate of drug-likeness (QED) is 0.849. The molecule has 1 aromatic carbocycles. The van der Waals surface area contributed by atoms with Crippen molar-refractivity contribution in [3.8, 4) is 0 Å². The normalized spacial score (nSPS) is 23.0. The van der Waals surface area contributed by atoms with Crippen molar-refractivity contribution in [3.05, 3.63) is 65.5 Å².